The highest BCUT2D eigenvalue weighted by Gasteiger charge is 2.15. The van der Waals surface area contributed by atoms with E-state index in [4.69, 9.17) is 4.74 Å². The molecular weight excluding hydrogens is 204 g/mol. The first-order chi connectivity index (χ1) is 7.76. The van der Waals surface area contributed by atoms with Crippen LogP contribution >= 0.6 is 0 Å². The van der Waals surface area contributed by atoms with Crippen molar-refractivity contribution in [3.05, 3.63) is 0 Å². The number of carbonyl (C=O) groups excluding carboxylic acids is 1. The molecule has 4 nitrogen and oxygen atoms in total. The van der Waals surface area contributed by atoms with Gasteiger partial charge < -0.3 is 15.4 Å². The van der Waals surface area contributed by atoms with E-state index in [0.29, 0.717) is 6.04 Å². The lowest BCUT2D eigenvalue weighted by Crippen LogP contribution is -2.39. The third kappa shape index (κ3) is 4.94. The molecule has 2 N–H and O–H groups in total. The number of amides is 1. The van der Waals surface area contributed by atoms with E-state index in [9.17, 15) is 4.79 Å². The molecule has 1 rings (SSSR count). The molecule has 0 saturated carbocycles. The van der Waals surface area contributed by atoms with Gasteiger partial charge in [-0.1, -0.05) is 13.8 Å². The van der Waals surface area contributed by atoms with Gasteiger partial charge in [0.2, 0.25) is 5.91 Å². The summed E-state index contributed by atoms with van der Waals surface area (Å²) in [7, 11) is 0. The highest BCUT2D eigenvalue weighted by molar-refractivity contribution is 5.77. The Morgan fingerprint density at radius 3 is 2.56 bits per heavy atom. The summed E-state index contributed by atoms with van der Waals surface area (Å²) in [5, 5.41) is 6.25. The molecule has 0 spiro atoms. The summed E-state index contributed by atoms with van der Waals surface area (Å²) in [4.78, 5) is 11.6. The predicted octanol–water partition coefficient (Wildman–Crippen LogP) is 1.06. The summed E-state index contributed by atoms with van der Waals surface area (Å²) >= 11 is 0. The molecule has 0 unspecified atom stereocenters. The second-order valence-corrected chi connectivity index (χ2v) is 4.34. The van der Waals surface area contributed by atoms with Crippen molar-refractivity contribution in [1.29, 1.82) is 0 Å². The van der Waals surface area contributed by atoms with Gasteiger partial charge in [0.15, 0.2) is 0 Å². The number of hydrogen-bond acceptors (Lipinski definition) is 3. The molecule has 1 amide bonds. The Kier molecular flexibility index (Phi) is 6.42. The van der Waals surface area contributed by atoms with Gasteiger partial charge >= 0.3 is 0 Å². The molecule has 94 valence electrons. The van der Waals surface area contributed by atoms with Gasteiger partial charge in [-0.05, 0) is 38.8 Å². The van der Waals surface area contributed by atoms with Gasteiger partial charge in [0.05, 0.1) is 6.10 Å². The first-order valence-electron chi connectivity index (χ1n) is 6.38. The third-order valence-corrected chi connectivity index (χ3v) is 3.09. The molecular formula is C12H24N2O2. The fraction of sp³-hybridized carbons (Fsp3) is 0.917. The summed E-state index contributed by atoms with van der Waals surface area (Å²) in [5.41, 5.74) is 0. The Hall–Kier alpha value is -0.610. The van der Waals surface area contributed by atoms with Crippen molar-refractivity contribution in [3.63, 3.8) is 0 Å². The van der Waals surface area contributed by atoms with Crippen LogP contribution in [0.15, 0.2) is 0 Å². The molecule has 1 heterocycles. The number of rotatable bonds is 6. The van der Waals surface area contributed by atoms with Crippen molar-refractivity contribution >= 4 is 5.91 Å². The number of carbonyl (C=O) groups is 1. The van der Waals surface area contributed by atoms with E-state index in [1.165, 1.54) is 0 Å². The molecule has 0 bridgehead atoms. The van der Waals surface area contributed by atoms with Crippen LogP contribution in [0.4, 0.5) is 0 Å². The van der Waals surface area contributed by atoms with Crippen molar-refractivity contribution in [2.75, 3.05) is 19.7 Å². The van der Waals surface area contributed by atoms with Crippen LogP contribution in [0.1, 0.15) is 39.5 Å². The summed E-state index contributed by atoms with van der Waals surface area (Å²) < 4.78 is 5.58. The van der Waals surface area contributed by atoms with Gasteiger partial charge in [0.1, 0.15) is 6.61 Å². The van der Waals surface area contributed by atoms with Gasteiger partial charge in [-0.25, -0.2) is 0 Å². The maximum atomic E-state index is 11.6. The highest BCUT2D eigenvalue weighted by atomic mass is 16.5. The molecule has 0 atom stereocenters. The molecule has 0 aromatic heterocycles. The van der Waals surface area contributed by atoms with Gasteiger partial charge in [-0.2, -0.15) is 0 Å². The zero-order valence-electron chi connectivity index (χ0n) is 10.4. The smallest absolute Gasteiger partial charge is 0.246 e. The van der Waals surface area contributed by atoms with Crippen LogP contribution in [-0.4, -0.2) is 37.7 Å². The van der Waals surface area contributed by atoms with Crippen molar-refractivity contribution in [3.8, 4) is 0 Å². The number of hydrogen-bond donors (Lipinski definition) is 2. The normalized spacial score (nSPS) is 17.7. The average molecular weight is 228 g/mol. The van der Waals surface area contributed by atoms with Crippen molar-refractivity contribution in [2.24, 2.45) is 0 Å². The van der Waals surface area contributed by atoms with Crippen LogP contribution in [0.5, 0.6) is 0 Å². The van der Waals surface area contributed by atoms with Gasteiger partial charge in [0, 0.05) is 6.04 Å². The molecule has 1 fully saturated rings. The second-order valence-electron chi connectivity index (χ2n) is 4.34. The van der Waals surface area contributed by atoms with Gasteiger partial charge in [0.25, 0.3) is 0 Å². The summed E-state index contributed by atoms with van der Waals surface area (Å²) in [5.74, 6) is 0.0206. The largest absolute Gasteiger partial charge is 0.368 e. The molecule has 0 radical (unpaired) electrons. The topological polar surface area (TPSA) is 50.4 Å². The van der Waals surface area contributed by atoms with Crippen LogP contribution < -0.4 is 10.6 Å². The summed E-state index contributed by atoms with van der Waals surface area (Å²) in [6, 6.07) is 0.295. The van der Waals surface area contributed by atoms with E-state index in [-0.39, 0.29) is 18.6 Å². The summed E-state index contributed by atoms with van der Waals surface area (Å²) in [6.07, 6.45) is 4.25. The van der Waals surface area contributed by atoms with Gasteiger partial charge in [-0.15, -0.1) is 0 Å². The number of piperidine rings is 1. The lowest BCUT2D eigenvalue weighted by atomic mass is 10.1. The Balaban J connectivity index is 2.13. The summed E-state index contributed by atoms with van der Waals surface area (Å²) in [6.45, 7) is 6.38. The van der Waals surface area contributed by atoms with E-state index in [1.807, 2.05) is 0 Å². The van der Waals surface area contributed by atoms with Crippen LogP contribution in [0, 0.1) is 0 Å². The fourth-order valence-electron chi connectivity index (χ4n) is 1.92. The Morgan fingerprint density at radius 2 is 2.00 bits per heavy atom. The Bertz CT molecular complexity index is 199. The minimum atomic E-state index is 0.0206. The predicted molar refractivity (Wildman–Crippen MR) is 64.4 cm³/mol. The third-order valence-electron chi connectivity index (χ3n) is 3.09. The highest BCUT2D eigenvalue weighted by Crippen LogP contribution is 2.06. The van der Waals surface area contributed by atoms with E-state index < -0.39 is 0 Å². The van der Waals surface area contributed by atoms with Crippen LogP contribution in [0.2, 0.25) is 0 Å². The molecule has 1 aliphatic rings. The monoisotopic (exact) mass is 228 g/mol. The SMILES string of the molecule is CCC(CC)NC(=O)COC1CCNCC1. The number of ether oxygens (including phenoxy) is 1. The standard InChI is InChI=1S/C12H24N2O2/c1-3-10(4-2)14-12(15)9-16-11-5-7-13-8-6-11/h10-11,13H,3-9H2,1-2H3,(H,14,15). The zero-order valence-corrected chi connectivity index (χ0v) is 10.4. The van der Waals surface area contributed by atoms with Crippen LogP contribution in [-0.2, 0) is 9.53 Å². The van der Waals surface area contributed by atoms with Crippen molar-refractivity contribution < 1.29 is 9.53 Å². The van der Waals surface area contributed by atoms with Crippen molar-refractivity contribution in [2.45, 2.75) is 51.7 Å². The molecule has 1 aliphatic heterocycles. The van der Waals surface area contributed by atoms with E-state index in [1.54, 1.807) is 0 Å². The average Bonchev–Trinajstić information content (AvgIpc) is 2.34. The maximum absolute atomic E-state index is 11.6. The minimum absolute atomic E-state index is 0.0206. The molecule has 0 aromatic rings. The van der Waals surface area contributed by atoms with E-state index >= 15 is 0 Å². The van der Waals surface area contributed by atoms with Crippen LogP contribution in [0.25, 0.3) is 0 Å². The fourth-order valence-corrected chi connectivity index (χ4v) is 1.92. The van der Waals surface area contributed by atoms with E-state index in [2.05, 4.69) is 24.5 Å². The van der Waals surface area contributed by atoms with Crippen LogP contribution in [0.3, 0.4) is 0 Å². The Morgan fingerprint density at radius 1 is 1.38 bits per heavy atom. The zero-order chi connectivity index (χ0) is 11.8. The quantitative estimate of drug-likeness (QED) is 0.714. The van der Waals surface area contributed by atoms with Crippen molar-refractivity contribution in [1.82, 2.24) is 10.6 Å². The molecule has 1 saturated heterocycles. The molecule has 16 heavy (non-hydrogen) atoms. The van der Waals surface area contributed by atoms with E-state index in [0.717, 1.165) is 38.8 Å². The lowest BCUT2D eigenvalue weighted by molar-refractivity contribution is -0.129. The lowest BCUT2D eigenvalue weighted by Gasteiger charge is -2.23. The van der Waals surface area contributed by atoms with Gasteiger partial charge in [-0.3, -0.25) is 4.79 Å². The first-order valence-corrected chi connectivity index (χ1v) is 6.38. The second kappa shape index (κ2) is 7.63. The molecule has 0 aliphatic carbocycles. The number of nitrogens with one attached hydrogen (secondary N) is 2. The minimum Gasteiger partial charge on any atom is -0.368 e. The molecule has 0 aromatic carbocycles. The first kappa shape index (κ1) is 13.5. The molecule has 4 heteroatoms. The Labute approximate surface area is 98.1 Å². The maximum Gasteiger partial charge on any atom is 0.246 e.